The Morgan fingerprint density at radius 2 is 2.26 bits per heavy atom. The van der Waals surface area contributed by atoms with Crippen LogP contribution in [-0.4, -0.2) is 23.1 Å². The maximum atomic E-state index is 13.1. The molecular formula is C13H14FNO4. The highest BCUT2D eigenvalue weighted by molar-refractivity contribution is 6.00. The van der Waals surface area contributed by atoms with Gasteiger partial charge in [-0.25, -0.2) is 4.39 Å². The summed E-state index contributed by atoms with van der Waals surface area (Å²) >= 11 is 0. The van der Waals surface area contributed by atoms with Crippen molar-refractivity contribution in [1.82, 2.24) is 0 Å². The summed E-state index contributed by atoms with van der Waals surface area (Å²) in [6, 6.07) is 4.11. The molecule has 0 fully saturated rings. The number of carboxylic acids is 1. The Labute approximate surface area is 109 Å². The lowest BCUT2D eigenvalue weighted by Crippen LogP contribution is -2.44. The molecule has 1 aliphatic heterocycles. The first-order valence-electron chi connectivity index (χ1n) is 5.81. The van der Waals surface area contributed by atoms with Crippen LogP contribution in [0.4, 0.5) is 4.39 Å². The van der Waals surface area contributed by atoms with Crippen LogP contribution in [0.15, 0.2) is 18.2 Å². The van der Waals surface area contributed by atoms with Gasteiger partial charge in [0.05, 0.1) is 0 Å². The lowest BCUT2D eigenvalue weighted by atomic mass is 9.83. The second kappa shape index (κ2) is 4.53. The lowest BCUT2D eigenvalue weighted by Gasteiger charge is -2.24. The van der Waals surface area contributed by atoms with E-state index in [1.54, 1.807) is 0 Å². The average molecular weight is 267 g/mol. The Balaban J connectivity index is 2.15. The van der Waals surface area contributed by atoms with E-state index in [1.165, 1.54) is 25.1 Å². The second-order valence-electron chi connectivity index (χ2n) is 4.90. The first kappa shape index (κ1) is 13.3. The molecule has 1 heterocycles. The summed E-state index contributed by atoms with van der Waals surface area (Å²) in [6.07, 6.45) is -0.178. The molecule has 0 aromatic heterocycles. The molecule has 2 atom stereocenters. The monoisotopic (exact) mass is 267 g/mol. The normalized spacial score (nSPS) is 20.2. The van der Waals surface area contributed by atoms with Gasteiger partial charge in [0, 0.05) is 18.4 Å². The molecule has 0 bridgehead atoms. The van der Waals surface area contributed by atoms with Crippen molar-refractivity contribution in [3.8, 4) is 5.75 Å². The zero-order valence-corrected chi connectivity index (χ0v) is 10.4. The molecule has 0 saturated heterocycles. The zero-order valence-electron chi connectivity index (χ0n) is 10.4. The number of hydrogen-bond donors (Lipinski definition) is 2. The molecule has 2 unspecified atom stereocenters. The molecule has 0 saturated carbocycles. The van der Waals surface area contributed by atoms with E-state index in [0.29, 0.717) is 17.7 Å². The van der Waals surface area contributed by atoms with Crippen molar-refractivity contribution in [2.75, 3.05) is 0 Å². The highest BCUT2D eigenvalue weighted by Crippen LogP contribution is 2.35. The van der Waals surface area contributed by atoms with Crippen LogP contribution in [0.2, 0.25) is 0 Å². The highest BCUT2D eigenvalue weighted by atomic mass is 19.1. The maximum absolute atomic E-state index is 13.1. The largest absolute Gasteiger partial charge is 0.490 e. The summed E-state index contributed by atoms with van der Waals surface area (Å²) in [7, 11) is 0. The minimum Gasteiger partial charge on any atom is -0.490 e. The predicted molar refractivity (Wildman–Crippen MR) is 64.1 cm³/mol. The van der Waals surface area contributed by atoms with E-state index in [-0.39, 0.29) is 12.2 Å². The molecule has 0 radical (unpaired) electrons. The molecule has 6 heteroatoms. The minimum atomic E-state index is -1.69. The summed E-state index contributed by atoms with van der Waals surface area (Å²) in [6.45, 7) is 1.27. The predicted octanol–water partition coefficient (Wildman–Crippen LogP) is 1.10. The number of halogens is 1. The van der Waals surface area contributed by atoms with Crippen LogP contribution in [-0.2, 0) is 16.0 Å². The molecule has 5 nitrogen and oxygen atoms in total. The number of fused-ring (bicyclic) bond motifs is 1. The van der Waals surface area contributed by atoms with Crippen LogP contribution in [0.25, 0.3) is 0 Å². The number of carbonyl (C=O) groups excluding carboxylic acids is 1. The third kappa shape index (κ3) is 2.38. The molecule has 1 aromatic rings. The van der Waals surface area contributed by atoms with E-state index in [9.17, 15) is 14.0 Å². The average Bonchev–Trinajstić information content (AvgIpc) is 2.69. The second-order valence-corrected chi connectivity index (χ2v) is 4.90. The van der Waals surface area contributed by atoms with Crippen LogP contribution in [0.5, 0.6) is 5.75 Å². The number of ether oxygens (including phenoxy) is 1. The van der Waals surface area contributed by atoms with E-state index in [1.807, 2.05) is 0 Å². The number of hydrogen-bond acceptors (Lipinski definition) is 3. The molecule has 0 aliphatic carbocycles. The summed E-state index contributed by atoms with van der Waals surface area (Å²) in [5.41, 5.74) is 4.12. The SMILES string of the molecule is CC(CC1Cc2cc(F)ccc2O1)(C(N)=O)C(=O)O. The summed E-state index contributed by atoms with van der Waals surface area (Å²) in [5.74, 6) is -2.06. The number of aliphatic carboxylic acids is 1. The number of carbonyl (C=O) groups is 2. The van der Waals surface area contributed by atoms with Gasteiger partial charge in [-0.15, -0.1) is 0 Å². The van der Waals surface area contributed by atoms with Crippen molar-refractivity contribution >= 4 is 11.9 Å². The van der Waals surface area contributed by atoms with E-state index in [4.69, 9.17) is 15.6 Å². The van der Waals surface area contributed by atoms with Crippen molar-refractivity contribution < 1.29 is 23.8 Å². The lowest BCUT2D eigenvalue weighted by molar-refractivity contribution is -0.155. The van der Waals surface area contributed by atoms with Crippen molar-refractivity contribution in [2.24, 2.45) is 11.1 Å². The number of benzene rings is 1. The van der Waals surface area contributed by atoms with Gasteiger partial charge in [0.2, 0.25) is 5.91 Å². The molecule has 1 amide bonds. The zero-order chi connectivity index (χ0) is 14.2. The number of nitrogens with two attached hydrogens (primary N) is 1. The number of amides is 1. The smallest absolute Gasteiger partial charge is 0.319 e. The van der Waals surface area contributed by atoms with Crippen LogP contribution >= 0.6 is 0 Å². The van der Waals surface area contributed by atoms with Gasteiger partial charge in [0.25, 0.3) is 0 Å². The summed E-state index contributed by atoms with van der Waals surface area (Å²) in [4.78, 5) is 22.5. The Hall–Kier alpha value is -2.11. The van der Waals surface area contributed by atoms with Gasteiger partial charge in [0.15, 0.2) is 0 Å². The van der Waals surface area contributed by atoms with Gasteiger partial charge >= 0.3 is 5.97 Å². The molecule has 2 rings (SSSR count). The maximum Gasteiger partial charge on any atom is 0.319 e. The fourth-order valence-electron chi connectivity index (χ4n) is 2.15. The fourth-order valence-corrected chi connectivity index (χ4v) is 2.15. The van der Waals surface area contributed by atoms with Crippen LogP contribution < -0.4 is 10.5 Å². The standard InChI is InChI=1S/C13H14FNO4/c1-13(11(15)16,12(17)18)6-9-5-7-4-8(14)2-3-10(7)19-9/h2-4,9H,5-6H2,1H3,(H2,15,16)(H,17,18). The van der Waals surface area contributed by atoms with Crippen LogP contribution in [0, 0.1) is 11.2 Å². The highest BCUT2D eigenvalue weighted by Gasteiger charge is 2.43. The minimum absolute atomic E-state index is 0.0477. The molecule has 3 N–H and O–H groups in total. The Morgan fingerprint density at radius 1 is 1.58 bits per heavy atom. The Morgan fingerprint density at radius 3 is 2.84 bits per heavy atom. The first-order chi connectivity index (χ1) is 8.83. The third-order valence-corrected chi connectivity index (χ3v) is 3.42. The molecule has 1 aromatic carbocycles. The van der Waals surface area contributed by atoms with Crippen molar-refractivity contribution in [2.45, 2.75) is 25.9 Å². The van der Waals surface area contributed by atoms with Crippen LogP contribution in [0.3, 0.4) is 0 Å². The van der Waals surface area contributed by atoms with Gasteiger partial charge in [-0.3, -0.25) is 9.59 Å². The number of carboxylic acid groups (broad SMARTS) is 1. The number of rotatable bonds is 4. The molecular weight excluding hydrogens is 253 g/mol. The van der Waals surface area contributed by atoms with E-state index >= 15 is 0 Å². The number of primary amides is 1. The molecule has 1 aliphatic rings. The molecule has 102 valence electrons. The Kier molecular flexibility index (Phi) is 3.18. The van der Waals surface area contributed by atoms with Crippen molar-refractivity contribution in [3.63, 3.8) is 0 Å². The van der Waals surface area contributed by atoms with E-state index in [2.05, 4.69) is 0 Å². The van der Waals surface area contributed by atoms with E-state index < -0.39 is 23.4 Å². The molecule has 0 spiro atoms. The first-order valence-corrected chi connectivity index (χ1v) is 5.81. The van der Waals surface area contributed by atoms with Gasteiger partial charge in [0.1, 0.15) is 23.1 Å². The van der Waals surface area contributed by atoms with Crippen molar-refractivity contribution in [1.29, 1.82) is 0 Å². The Bertz CT molecular complexity index is 529. The van der Waals surface area contributed by atoms with Gasteiger partial charge < -0.3 is 15.6 Å². The quantitative estimate of drug-likeness (QED) is 0.799. The van der Waals surface area contributed by atoms with Gasteiger partial charge in [-0.1, -0.05) is 0 Å². The summed E-state index contributed by atoms with van der Waals surface area (Å²) < 4.78 is 18.6. The van der Waals surface area contributed by atoms with Crippen LogP contribution in [0.1, 0.15) is 18.9 Å². The van der Waals surface area contributed by atoms with E-state index in [0.717, 1.165) is 0 Å². The third-order valence-electron chi connectivity index (χ3n) is 3.42. The van der Waals surface area contributed by atoms with Gasteiger partial charge in [-0.2, -0.15) is 0 Å². The summed E-state index contributed by atoms with van der Waals surface area (Å²) in [5, 5.41) is 9.11. The van der Waals surface area contributed by atoms with Crippen molar-refractivity contribution in [3.05, 3.63) is 29.6 Å². The topological polar surface area (TPSA) is 89.6 Å². The van der Waals surface area contributed by atoms with Gasteiger partial charge in [-0.05, 0) is 25.1 Å². The molecule has 19 heavy (non-hydrogen) atoms. The fraction of sp³-hybridized carbons (Fsp3) is 0.385.